The Balaban J connectivity index is 1.69. The molecule has 0 bridgehead atoms. The van der Waals surface area contributed by atoms with E-state index in [2.05, 4.69) is 43.4 Å². The number of fused-ring (bicyclic) bond motifs is 1. The second-order valence-corrected chi connectivity index (χ2v) is 5.74. The number of nitrogens with one attached hydrogen (secondary N) is 1. The molecule has 0 aliphatic heterocycles. The number of rotatable bonds is 3. The Morgan fingerprint density at radius 3 is 2.69 bits per heavy atom. The second-order valence-electron chi connectivity index (χ2n) is 5.74. The van der Waals surface area contributed by atoms with Crippen LogP contribution in [0, 0.1) is 17.8 Å². The predicted molar refractivity (Wildman–Crippen MR) is 67.3 cm³/mol. The zero-order valence-electron chi connectivity index (χ0n) is 10.2. The van der Waals surface area contributed by atoms with E-state index < -0.39 is 0 Å². The van der Waals surface area contributed by atoms with Crippen molar-refractivity contribution in [2.75, 3.05) is 6.54 Å². The SMILES string of the molecule is CC1CC1CNC1c2ccccc2CC1C. The Labute approximate surface area is 98.3 Å². The molecule has 0 spiro atoms. The van der Waals surface area contributed by atoms with Crippen LogP contribution in [0.2, 0.25) is 0 Å². The minimum atomic E-state index is 0.601. The van der Waals surface area contributed by atoms with Gasteiger partial charge in [0.25, 0.3) is 0 Å². The van der Waals surface area contributed by atoms with Gasteiger partial charge < -0.3 is 5.32 Å². The number of hydrogen-bond acceptors (Lipinski definition) is 1. The lowest BCUT2D eigenvalue weighted by Crippen LogP contribution is -2.26. The molecule has 86 valence electrons. The maximum atomic E-state index is 3.78. The molecule has 1 aromatic carbocycles. The van der Waals surface area contributed by atoms with Crippen molar-refractivity contribution in [3.8, 4) is 0 Å². The molecule has 4 unspecified atom stereocenters. The first-order valence-electron chi connectivity index (χ1n) is 6.57. The van der Waals surface area contributed by atoms with E-state index >= 15 is 0 Å². The average molecular weight is 215 g/mol. The van der Waals surface area contributed by atoms with Crippen molar-refractivity contribution < 1.29 is 0 Å². The van der Waals surface area contributed by atoms with Gasteiger partial charge in [-0.2, -0.15) is 0 Å². The third-order valence-corrected chi connectivity index (χ3v) is 4.38. The fraction of sp³-hybridized carbons (Fsp3) is 0.600. The molecule has 0 saturated heterocycles. The normalized spacial score (nSPS) is 36.1. The molecule has 0 heterocycles. The molecular formula is C15H21N. The van der Waals surface area contributed by atoms with Gasteiger partial charge in [0.15, 0.2) is 0 Å². The number of hydrogen-bond donors (Lipinski definition) is 1. The summed E-state index contributed by atoms with van der Waals surface area (Å²) in [5.74, 6) is 2.66. The highest BCUT2D eigenvalue weighted by Gasteiger charge is 2.35. The molecule has 0 radical (unpaired) electrons. The largest absolute Gasteiger partial charge is 0.309 e. The Hall–Kier alpha value is -0.820. The van der Waals surface area contributed by atoms with Crippen molar-refractivity contribution in [1.29, 1.82) is 0 Å². The van der Waals surface area contributed by atoms with Gasteiger partial charge in [-0.25, -0.2) is 0 Å². The topological polar surface area (TPSA) is 12.0 Å². The fourth-order valence-electron chi connectivity index (χ4n) is 3.07. The van der Waals surface area contributed by atoms with E-state index in [1.165, 1.54) is 19.4 Å². The molecule has 1 saturated carbocycles. The van der Waals surface area contributed by atoms with Crippen LogP contribution in [0.15, 0.2) is 24.3 Å². The van der Waals surface area contributed by atoms with Crippen molar-refractivity contribution in [3.05, 3.63) is 35.4 Å². The molecule has 2 aliphatic rings. The van der Waals surface area contributed by atoms with E-state index in [1.807, 2.05) is 0 Å². The maximum Gasteiger partial charge on any atom is 0.0352 e. The summed E-state index contributed by atoms with van der Waals surface area (Å²) < 4.78 is 0. The van der Waals surface area contributed by atoms with Crippen LogP contribution in [-0.4, -0.2) is 6.54 Å². The van der Waals surface area contributed by atoms with Gasteiger partial charge in [0.05, 0.1) is 0 Å². The molecule has 4 atom stereocenters. The lowest BCUT2D eigenvalue weighted by molar-refractivity contribution is 0.406. The Kier molecular flexibility index (Phi) is 2.51. The lowest BCUT2D eigenvalue weighted by Gasteiger charge is -2.18. The molecule has 2 aliphatic carbocycles. The molecule has 1 nitrogen and oxygen atoms in total. The molecule has 1 fully saturated rings. The molecular weight excluding hydrogens is 194 g/mol. The third-order valence-electron chi connectivity index (χ3n) is 4.38. The van der Waals surface area contributed by atoms with Crippen molar-refractivity contribution in [1.82, 2.24) is 5.32 Å². The van der Waals surface area contributed by atoms with Crippen LogP contribution >= 0.6 is 0 Å². The zero-order valence-corrected chi connectivity index (χ0v) is 10.2. The fourth-order valence-corrected chi connectivity index (χ4v) is 3.07. The summed E-state index contributed by atoms with van der Waals surface area (Å²) in [6.07, 6.45) is 2.67. The van der Waals surface area contributed by atoms with Crippen LogP contribution in [0.1, 0.15) is 37.4 Å². The van der Waals surface area contributed by atoms with Crippen LogP contribution in [0.4, 0.5) is 0 Å². The summed E-state index contributed by atoms with van der Waals surface area (Å²) in [5.41, 5.74) is 3.10. The third kappa shape index (κ3) is 1.78. The summed E-state index contributed by atoms with van der Waals surface area (Å²) in [5, 5.41) is 3.78. The van der Waals surface area contributed by atoms with Gasteiger partial charge in [-0.1, -0.05) is 38.1 Å². The van der Waals surface area contributed by atoms with Gasteiger partial charge in [0, 0.05) is 6.04 Å². The van der Waals surface area contributed by atoms with E-state index in [0.29, 0.717) is 6.04 Å². The lowest BCUT2D eigenvalue weighted by atomic mass is 10.0. The zero-order chi connectivity index (χ0) is 11.1. The van der Waals surface area contributed by atoms with Crippen LogP contribution in [0.25, 0.3) is 0 Å². The molecule has 1 aromatic rings. The monoisotopic (exact) mass is 215 g/mol. The van der Waals surface area contributed by atoms with Crippen LogP contribution in [-0.2, 0) is 6.42 Å². The second kappa shape index (κ2) is 3.89. The van der Waals surface area contributed by atoms with E-state index in [1.54, 1.807) is 11.1 Å². The highest BCUT2D eigenvalue weighted by atomic mass is 14.9. The number of benzene rings is 1. The first-order valence-corrected chi connectivity index (χ1v) is 6.57. The first-order chi connectivity index (χ1) is 7.75. The Bertz CT molecular complexity index is 385. The standard InChI is InChI=1S/C15H21N/c1-10-7-13(10)9-16-15-11(2)8-12-5-3-4-6-14(12)15/h3-6,10-11,13,15-16H,7-9H2,1-2H3. The molecule has 3 rings (SSSR count). The average Bonchev–Trinajstić information content (AvgIpc) is 2.88. The minimum Gasteiger partial charge on any atom is -0.309 e. The van der Waals surface area contributed by atoms with Gasteiger partial charge in [0.1, 0.15) is 0 Å². The van der Waals surface area contributed by atoms with E-state index in [9.17, 15) is 0 Å². The van der Waals surface area contributed by atoms with E-state index in [4.69, 9.17) is 0 Å². The molecule has 0 aromatic heterocycles. The van der Waals surface area contributed by atoms with Crippen LogP contribution in [0.3, 0.4) is 0 Å². The van der Waals surface area contributed by atoms with Crippen LogP contribution < -0.4 is 5.32 Å². The van der Waals surface area contributed by atoms with E-state index in [-0.39, 0.29) is 0 Å². The van der Waals surface area contributed by atoms with Crippen molar-refractivity contribution in [3.63, 3.8) is 0 Å². The van der Waals surface area contributed by atoms with Gasteiger partial charge in [-0.3, -0.25) is 0 Å². The summed E-state index contributed by atoms with van der Waals surface area (Å²) in [6.45, 7) is 5.94. The highest BCUT2D eigenvalue weighted by Crippen LogP contribution is 2.39. The summed E-state index contributed by atoms with van der Waals surface area (Å²) in [7, 11) is 0. The first kappa shape index (κ1) is 10.3. The predicted octanol–water partition coefficient (Wildman–Crippen LogP) is 3.17. The molecule has 16 heavy (non-hydrogen) atoms. The molecule has 0 amide bonds. The smallest absolute Gasteiger partial charge is 0.0352 e. The minimum absolute atomic E-state index is 0.601. The summed E-state index contributed by atoms with van der Waals surface area (Å²) in [4.78, 5) is 0. The van der Waals surface area contributed by atoms with Gasteiger partial charge >= 0.3 is 0 Å². The highest BCUT2D eigenvalue weighted by molar-refractivity contribution is 5.35. The maximum absolute atomic E-state index is 3.78. The summed E-state index contributed by atoms with van der Waals surface area (Å²) in [6, 6.07) is 9.52. The van der Waals surface area contributed by atoms with Crippen molar-refractivity contribution >= 4 is 0 Å². The van der Waals surface area contributed by atoms with Crippen LogP contribution in [0.5, 0.6) is 0 Å². The Morgan fingerprint density at radius 2 is 1.94 bits per heavy atom. The summed E-state index contributed by atoms with van der Waals surface area (Å²) >= 11 is 0. The van der Waals surface area contributed by atoms with E-state index in [0.717, 1.165) is 17.8 Å². The van der Waals surface area contributed by atoms with Crippen molar-refractivity contribution in [2.24, 2.45) is 17.8 Å². The van der Waals surface area contributed by atoms with Gasteiger partial charge in [0.2, 0.25) is 0 Å². The van der Waals surface area contributed by atoms with Crippen molar-refractivity contribution in [2.45, 2.75) is 32.7 Å². The van der Waals surface area contributed by atoms with Gasteiger partial charge in [-0.05, 0) is 48.3 Å². The molecule has 1 heteroatoms. The quantitative estimate of drug-likeness (QED) is 0.816. The Morgan fingerprint density at radius 1 is 1.19 bits per heavy atom. The molecule has 1 N–H and O–H groups in total. The van der Waals surface area contributed by atoms with Gasteiger partial charge in [-0.15, -0.1) is 0 Å².